The highest BCUT2D eigenvalue weighted by Gasteiger charge is 2.09. The van der Waals surface area contributed by atoms with Crippen LogP contribution in [0, 0.1) is 0 Å². The highest BCUT2D eigenvalue weighted by atomic mass is 16.5. The van der Waals surface area contributed by atoms with E-state index >= 15 is 0 Å². The minimum atomic E-state index is -0.318. The zero-order valence-electron chi connectivity index (χ0n) is 13.0. The number of carbonyl (C=O) groups is 1. The molecule has 0 aliphatic carbocycles. The summed E-state index contributed by atoms with van der Waals surface area (Å²) < 4.78 is 6.72. The van der Waals surface area contributed by atoms with Crippen LogP contribution in [0.5, 0.6) is 0 Å². The van der Waals surface area contributed by atoms with Gasteiger partial charge in [0.05, 0.1) is 17.6 Å². The molecule has 1 aromatic carbocycles. The number of esters is 1. The minimum absolute atomic E-state index is 0.318. The molecule has 0 saturated heterocycles. The number of fused-ring (bicyclic) bond motifs is 3. The Labute approximate surface area is 137 Å². The van der Waals surface area contributed by atoms with Crippen LogP contribution in [0.2, 0.25) is 0 Å². The Kier molecular flexibility index (Phi) is 3.42. The van der Waals surface area contributed by atoms with Crippen LogP contribution < -0.4 is 0 Å². The van der Waals surface area contributed by atoms with E-state index < -0.39 is 0 Å². The van der Waals surface area contributed by atoms with Crippen LogP contribution in [0.3, 0.4) is 0 Å². The first-order valence-electron chi connectivity index (χ1n) is 7.63. The minimum Gasteiger partial charge on any atom is -0.462 e. The fourth-order valence-corrected chi connectivity index (χ4v) is 2.60. The molecular weight excluding hydrogens is 304 g/mol. The van der Waals surface area contributed by atoms with Crippen molar-refractivity contribution in [2.45, 2.75) is 6.92 Å². The molecule has 4 rings (SSSR count). The Morgan fingerprint density at radius 3 is 2.75 bits per heavy atom. The van der Waals surface area contributed by atoms with E-state index in [1.807, 2.05) is 30.5 Å². The number of hydrogen-bond acceptors (Lipinski definition) is 5. The lowest BCUT2D eigenvalue weighted by Gasteiger charge is -2.04. The van der Waals surface area contributed by atoms with Gasteiger partial charge in [-0.25, -0.2) is 19.3 Å². The number of pyridine rings is 1. The largest absolute Gasteiger partial charge is 0.462 e. The second-order valence-corrected chi connectivity index (χ2v) is 5.28. The molecule has 4 aromatic rings. The van der Waals surface area contributed by atoms with Crippen molar-refractivity contribution < 1.29 is 9.53 Å². The molecule has 0 bridgehead atoms. The molecule has 3 heterocycles. The highest BCUT2D eigenvalue weighted by molar-refractivity contribution is 5.91. The Morgan fingerprint density at radius 1 is 1.12 bits per heavy atom. The summed E-state index contributed by atoms with van der Waals surface area (Å²) in [7, 11) is 0. The lowest BCUT2D eigenvalue weighted by molar-refractivity contribution is 0.0526. The summed E-state index contributed by atoms with van der Waals surface area (Å²) in [6, 6.07) is 11.1. The summed E-state index contributed by atoms with van der Waals surface area (Å²) in [5.41, 5.74) is 3.82. The second-order valence-electron chi connectivity index (χ2n) is 5.28. The fraction of sp³-hybridized carbons (Fsp3) is 0.111. The van der Waals surface area contributed by atoms with Crippen molar-refractivity contribution >= 4 is 22.6 Å². The number of benzene rings is 1. The Bertz CT molecular complexity index is 1040. The van der Waals surface area contributed by atoms with Gasteiger partial charge in [-0.2, -0.15) is 0 Å². The quantitative estimate of drug-likeness (QED) is 0.543. The number of rotatable bonds is 3. The molecule has 0 atom stereocenters. The highest BCUT2D eigenvalue weighted by Crippen LogP contribution is 2.22. The van der Waals surface area contributed by atoms with Crippen LogP contribution in [0.4, 0.5) is 0 Å². The lowest BCUT2D eigenvalue weighted by atomic mass is 10.1. The lowest BCUT2D eigenvalue weighted by Crippen LogP contribution is -2.04. The van der Waals surface area contributed by atoms with E-state index in [9.17, 15) is 4.79 Å². The van der Waals surface area contributed by atoms with Gasteiger partial charge in [0, 0.05) is 24.2 Å². The first-order chi connectivity index (χ1) is 11.8. The van der Waals surface area contributed by atoms with Gasteiger partial charge in [0.15, 0.2) is 11.3 Å². The summed E-state index contributed by atoms with van der Waals surface area (Å²) in [6.07, 6.45) is 5.41. The molecule has 6 heteroatoms. The van der Waals surface area contributed by atoms with Crippen LogP contribution in [-0.2, 0) is 4.74 Å². The summed E-state index contributed by atoms with van der Waals surface area (Å²) in [5.74, 6) is -0.318. The van der Waals surface area contributed by atoms with Gasteiger partial charge >= 0.3 is 5.97 Å². The van der Waals surface area contributed by atoms with Crippen LogP contribution in [0.25, 0.3) is 27.8 Å². The molecule has 3 aromatic heterocycles. The predicted octanol–water partition coefficient (Wildman–Crippen LogP) is 3.12. The van der Waals surface area contributed by atoms with Gasteiger partial charge in [0.2, 0.25) is 0 Å². The molecule has 0 fully saturated rings. The molecule has 24 heavy (non-hydrogen) atoms. The van der Waals surface area contributed by atoms with Gasteiger partial charge in [0.25, 0.3) is 0 Å². The summed E-state index contributed by atoms with van der Waals surface area (Å²) >= 11 is 0. The predicted molar refractivity (Wildman–Crippen MR) is 89.7 cm³/mol. The summed E-state index contributed by atoms with van der Waals surface area (Å²) in [4.78, 5) is 20.5. The van der Waals surface area contributed by atoms with Gasteiger partial charge in [-0.05, 0) is 36.8 Å². The van der Waals surface area contributed by atoms with Crippen LogP contribution in [-0.4, -0.2) is 32.2 Å². The monoisotopic (exact) mass is 318 g/mol. The third kappa shape index (κ3) is 2.38. The van der Waals surface area contributed by atoms with Crippen LogP contribution in [0.1, 0.15) is 17.3 Å². The zero-order chi connectivity index (χ0) is 16.5. The standard InChI is InChI=1S/C18H14N4O2/c1-2-24-18(23)13-7-5-12(6-8-13)14-10-20-17-15-4-3-9-19-16(15)21-22(17)11-14/h3-11H,2H2,1H3. The summed E-state index contributed by atoms with van der Waals surface area (Å²) in [6.45, 7) is 2.15. The molecule has 0 N–H and O–H groups in total. The number of nitrogens with zero attached hydrogens (tertiary/aromatic N) is 4. The van der Waals surface area contributed by atoms with E-state index in [0.29, 0.717) is 17.8 Å². The third-order valence-corrected chi connectivity index (χ3v) is 3.76. The Hall–Kier alpha value is -3.28. The first-order valence-corrected chi connectivity index (χ1v) is 7.63. The SMILES string of the molecule is CCOC(=O)c1ccc(-c2cnc3c4cccnc4nn3c2)cc1. The van der Waals surface area contributed by atoms with Crippen molar-refractivity contribution in [3.8, 4) is 11.1 Å². The number of ether oxygens (including phenoxy) is 1. The average Bonchev–Trinajstić information content (AvgIpc) is 3.00. The van der Waals surface area contributed by atoms with E-state index in [2.05, 4.69) is 15.1 Å². The summed E-state index contributed by atoms with van der Waals surface area (Å²) in [5, 5.41) is 5.36. The molecule has 0 radical (unpaired) electrons. The number of hydrogen-bond donors (Lipinski definition) is 0. The van der Waals surface area contributed by atoms with Crippen molar-refractivity contribution in [1.29, 1.82) is 0 Å². The second kappa shape index (κ2) is 5.73. The average molecular weight is 318 g/mol. The van der Waals surface area contributed by atoms with Crippen molar-refractivity contribution in [3.05, 3.63) is 60.6 Å². The van der Waals surface area contributed by atoms with Gasteiger partial charge in [-0.3, -0.25) is 0 Å². The third-order valence-electron chi connectivity index (χ3n) is 3.76. The first kappa shape index (κ1) is 14.3. The van der Waals surface area contributed by atoms with Crippen molar-refractivity contribution in [2.24, 2.45) is 0 Å². The van der Waals surface area contributed by atoms with Crippen molar-refractivity contribution in [1.82, 2.24) is 19.6 Å². The van der Waals surface area contributed by atoms with Gasteiger partial charge in [-0.1, -0.05) is 12.1 Å². The molecule has 0 unspecified atom stereocenters. The Morgan fingerprint density at radius 2 is 1.96 bits per heavy atom. The topological polar surface area (TPSA) is 69.4 Å². The van der Waals surface area contributed by atoms with E-state index in [4.69, 9.17) is 4.74 Å². The van der Waals surface area contributed by atoms with E-state index in [-0.39, 0.29) is 5.97 Å². The van der Waals surface area contributed by atoms with Crippen LogP contribution in [0.15, 0.2) is 55.0 Å². The van der Waals surface area contributed by atoms with Gasteiger partial charge in [-0.15, -0.1) is 5.10 Å². The van der Waals surface area contributed by atoms with Gasteiger partial charge < -0.3 is 4.74 Å². The fourth-order valence-electron chi connectivity index (χ4n) is 2.60. The van der Waals surface area contributed by atoms with E-state index in [1.165, 1.54) is 0 Å². The molecular formula is C18H14N4O2. The van der Waals surface area contributed by atoms with Crippen molar-refractivity contribution in [2.75, 3.05) is 6.61 Å². The number of aromatic nitrogens is 4. The normalized spacial score (nSPS) is 11.0. The maximum atomic E-state index is 11.7. The van der Waals surface area contributed by atoms with E-state index in [1.54, 1.807) is 36.0 Å². The molecule has 118 valence electrons. The molecule has 0 aliphatic heterocycles. The van der Waals surface area contributed by atoms with E-state index in [0.717, 1.165) is 22.2 Å². The molecule has 0 aliphatic rings. The zero-order valence-corrected chi connectivity index (χ0v) is 13.0. The maximum absolute atomic E-state index is 11.7. The molecule has 0 spiro atoms. The van der Waals surface area contributed by atoms with Crippen molar-refractivity contribution in [3.63, 3.8) is 0 Å². The van der Waals surface area contributed by atoms with Crippen LogP contribution >= 0.6 is 0 Å². The smallest absolute Gasteiger partial charge is 0.338 e. The Balaban J connectivity index is 1.73. The van der Waals surface area contributed by atoms with Gasteiger partial charge in [0.1, 0.15) is 0 Å². The molecule has 0 saturated carbocycles. The molecule has 0 amide bonds. The maximum Gasteiger partial charge on any atom is 0.338 e. The number of carbonyl (C=O) groups excluding carboxylic acids is 1. The molecule has 6 nitrogen and oxygen atoms in total.